The van der Waals surface area contributed by atoms with Gasteiger partial charge in [0.1, 0.15) is 9.84 Å². The van der Waals surface area contributed by atoms with Crippen LogP contribution in [-0.4, -0.2) is 75.0 Å². The van der Waals surface area contributed by atoms with Gasteiger partial charge in [-0.3, -0.25) is 0 Å². The van der Waals surface area contributed by atoms with Crippen LogP contribution in [0.4, 0.5) is 4.79 Å². The Morgan fingerprint density at radius 2 is 1.95 bits per heavy atom. The van der Waals surface area contributed by atoms with Crippen molar-refractivity contribution < 1.29 is 13.2 Å². The molecule has 2 heterocycles. The number of rotatable bonds is 5. The Balaban J connectivity index is 1.80. The van der Waals surface area contributed by atoms with Crippen LogP contribution >= 0.6 is 0 Å². The van der Waals surface area contributed by atoms with Crippen molar-refractivity contribution in [1.82, 2.24) is 15.1 Å². The molecule has 0 radical (unpaired) electrons. The molecule has 0 spiro atoms. The van der Waals surface area contributed by atoms with Crippen molar-refractivity contribution in [2.24, 2.45) is 0 Å². The van der Waals surface area contributed by atoms with Crippen molar-refractivity contribution in [3.63, 3.8) is 0 Å². The Labute approximate surface area is 115 Å². The first-order chi connectivity index (χ1) is 8.97. The molecule has 0 aromatic rings. The van der Waals surface area contributed by atoms with Gasteiger partial charge in [-0.1, -0.05) is 0 Å². The van der Waals surface area contributed by atoms with Crippen LogP contribution in [0.5, 0.6) is 0 Å². The third-order valence-corrected chi connectivity index (χ3v) is 4.85. The quantitative estimate of drug-likeness (QED) is 0.768. The van der Waals surface area contributed by atoms with Crippen molar-refractivity contribution in [3.8, 4) is 0 Å². The van der Waals surface area contributed by atoms with Gasteiger partial charge >= 0.3 is 6.03 Å². The second kappa shape index (κ2) is 6.09. The Hall–Kier alpha value is -0.820. The van der Waals surface area contributed by atoms with E-state index >= 15 is 0 Å². The average molecular weight is 289 g/mol. The number of piperidine rings is 1. The van der Waals surface area contributed by atoms with Crippen LogP contribution in [0.15, 0.2) is 0 Å². The van der Waals surface area contributed by atoms with Crippen molar-refractivity contribution in [2.75, 3.05) is 44.7 Å². The molecule has 0 aromatic carbocycles. The number of hydrogen-bond acceptors (Lipinski definition) is 4. The maximum absolute atomic E-state index is 12.2. The first-order valence-electron chi connectivity index (χ1n) is 6.91. The van der Waals surface area contributed by atoms with Gasteiger partial charge in [0.15, 0.2) is 0 Å². The molecule has 2 aliphatic heterocycles. The van der Waals surface area contributed by atoms with E-state index in [1.807, 2.05) is 4.90 Å². The number of carbonyl (C=O) groups is 1. The van der Waals surface area contributed by atoms with Gasteiger partial charge in [-0.2, -0.15) is 0 Å². The lowest BCUT2D eigenvalue weighted by Crippen LogP contribution is -2.45. The first kappa shape index (κ1) is 14.6. The molecule has 2 fully saturated rings. The minimum atomic E-state index is -2.93. The minimum absolute atomic E-state index is 0.0837. The highest BCUT2D eigenvalue weighted by atomic mass is 32.2. The molecule has 2 aliphatic rings. The zero-order valence-electron chi connectivity index (χ0n) is 11.5. The highest BCUT2D eigenvalue weighted by Gasteiger charge is 2.33. The highest BCUT2D eigenvalue weighted by Crippen LogP contribution is 2.18. The summed E-state index contributed by atoms with van der Waals surface area (Å²) in [5.41, 5.74) is 0. The highest BCUT2D eigenvalue weighted by molar-refractivity contribution is 7.90. The van der Waals surface area contributed by atoms with E-state index in [0.29, 0.717) is 19.0 Å². The summed E-state index contributed by atoms with van der Waals surface area (Å²) < 4.78 is 22.2. The number of amides is 2. The van der Waals surface area contributed by atoms with Crippen LogP contribution in [0, 0.1) is 0 Å². The summed E-state index contributed by atoms with van der Waals surface area (Å²) in [5.74, 6) is 0.157. The standard InChI is InChI=1S/C12H23N3O3S/c1-19(17,18)10-2-7-14-8-9-15(12(14)16)11-3-5-13-6-4-11/h11,13H,2-10H2,1H3. The summed E-state index contributed by atoms with van der Waals surface area (Å²) in [7, 11) is -2.93. The lowest BCUT2D eigenvalue weighted by atomic mass is 10.1. The van der Waals surface area contributed by atoms with Crippen molar-refractivity contribution in [3.05, 3.63) is 0 Å². The molecule has 0 saturated carbocycles. The lowest BCUT2D eigenvalue weighted by molar-refractivity contribution is 0.166. The van der Waals surface area contributed by atoms with Crippen LogP contribution in [0.3, 0.4) is 0 Å². The Morgan fingerprint density at radius 3 is 2.58 bits per heavy atom. The molecule has 2 rings (SSSR count). The van der Waals surface area contributed by atoms with E-state index in [1.54, 1.807) is 4.90 Å². The van der Waals surface area contributed by atoms with Gasteiger partial charge in [-0.05, 0) is 32.4 Å². The van der Waals surface area contributed by atoms with Crippen LogP contribution in [0.2, 0.25) is 0 Å². The maximum atomic E-state index is 12.2. The predicted molar refractivity (Wildman–Crippen MR) is 73.9 cm³/mol. The number of nitrogens with one attached hydrogen (secondary N) is 1. The molecule has 0 atom stereocenters. The zero-order valence-corrected chi connectivity index (χ0v) is 12.3. The van der Waals surface area contributed by atoms with E-state index in [1.165, 1.54) is 6.26 Å². The number of sulfone groups is 1. The number of hydrogen-bond donors (Lipinski definition) is 1. The molecule has 6 nitrogen and oxygen atoms in total. The van der Waals surface area contributed by atoms with Crippen LogP contribution < -0.4 is 5.32 Å². The molecule has 1 N–H and O–H groups in total. The molecule has 2 amide bonds. The molecule has 0 aromatic heterocycles. The van der Waals surface area contributed by atoms with Crippen LogP contribution in [0.1, 0.15) is 19.3 Å². The summed E-state index contributed by atoms with van der Waals surface area (Å²) in [5, 5.41) is 3.30. The van der Waals surface area contributed by atoms with Gasteiger partial charge in [0.25, 0.3) is 0 Å². The molecule has 2 saturated heterocycles. The normalized spacial score (nSPS) is 22.3. The summed E-state index contributed by atoms with van der Waals surface area (Å²) in [6.45, 7) is 4.01. The van der Waals surface area contributed by atoms with E-state index in [9.17, 15) is 13.2 Å². The van der Waals surface area contributed by atoms with Gasteiger partial charge in [-0.25, -0.2) is 13.2 Å². The van der Waals surface area contributed by atoms with Crippen molar-refractivity contribution in [2.45, 2.75) is 25.3 Å². The smallest absolute Gasteiger partial charge is 0.320 e. The fourth-order valence-electron chi connectivity index (χ4n) is 2.78. The van der Waals surface area contributed by atoms with E-state index in [0.717, 1.165) is 39.0 Å². The third kappa shape index (κ3) is 4.07. The predicted octanol–water partition coefficient (Wildman–Crippen LogP) is -0.0893. The topological polar surface area (TPSA) is 69.7 Å². The maximum Gasteiger partial charge on any atom is 0.320 e. The van der Waals surface area contributed by atoms with E-state index in [4.69, 9.17) is 0 Å². The van der Waals surface area contributed by atoms with Crippen LogP contribution in [-0.2, 0) is 9.84 Å². The summed E-state index contributed by atoms with van der Waals surface area (Å²) in [4.78, 5) is 16.0. The van der Waals surface area contributed by atoms with Gasteiger partial charge in [-0.15, -0.1) is 0 Å². The number of urea groups is 1. The van der Waals surface area contributed by atoms with Crippen LogP contribution in [0.25, 0.3) is 0 Å². The van der Waals surface area contributed by atoms with Gasteiger partial charge in [0.05, 0.1) is 5.75 Å². The Morgan fingerprint density at radius 1 is 1.26 bits per heavy atom. The Bertz CT molecular complexity index is 418. The number of nitrogens with zero attached hydrogens (tertiary/aromatic N) is 2. The molecule has 0 unspecified atom stereocenters. The average Bonchev–Trinajstić information content (AvgIpc) is 2.71. The van der Waals surface area contributed by atoms with Crippen molar-refractivity contribution >= 4 is 15.9 Å². The van der Waals surface area contributed by atoms with Gasteiger partial charge in [0, 0.05) is 31.9 Å². The van der Waals surface area contributed by atoms with E-state index in [2.05, 4.69) is 5.32 Å². The minimum Gasteiger partial charge on any atom is -0.323 e. The molecular weight excluding hydrogens is 266 g/mol. The summed E-state index contributed by atoms with van der Waals surface area (Å²) in [6, 6.07) is 0.439. The first-order valence-corrected chi connectivity index (χ1v) is 8.97. The monoisotopic (exact) mass is 289 g/mol. The largest absolute Gasteiger partial charge is 0.323 e. The third-order valence-electron chi connectivity index (χ3n) is 3.82. The fourth-order valence-corrected chi connectivity index (χ4v) is 3.44. The second-order valence-electron chi connectivity index (χ2n) is 5.43. The Kier molecular flexibility index (Phi) is 4.67. The summed E-state index contributed by atoms with van der Waals surface area (Å²) >= 11 is 0. The molecular formula is C12H23N3O3S. The fraction of sp³-hybridized carbons (Fsp3) is 0.917. The zero-order chi connectivity index (χ0) is 13.9. The number of carbonyl (C=O) groups excluding carboxylic acids is 1. The molecule has 0 bridgehead atoms. The molecule has 110 valence electrons. The molecule has 0 aliphatic carbocycles. The molecule has 19 heavy (non-hydrogen) atoms. The van der Waals surface area contributed by atoms with E-state index < -0.39 is 9.84 Å². The van der Waals surface area contributed by atoms with Gasteiger partial charge in [0.2, 0.25) is 0 Å². The lowest BCUT2D eigenvalue weighted by Gasteiger charge is -2.31. The van der Waals surface area contributed by atoms with Crippen molar-refractivity contribution in [1.29, 1.82) is 0 Å². The SMILES string of the molecule is CS(=O)(=O)CCCN1CCN(C2CCNCC2)C1=O. The summed E-state index contributed by atoms with van der Waals surface area (Å²) in [6.07, 6.45) is 3.80. The molecule has 7 heteroatoms. The van der Waals surface area contributed by atoms with Gasteiger partial charge < -0.3 is 15.1 Å². The van der Waals surface area contributed by atoms with E-state index in [-0.39, 0.29) is 11.8 Å². The second-order valence-corrected chi connectivity index (χ2v) is 7.69.